The summed E-state index contributed by atoms with van der Waals surface area (Å²) >= 11 is 0. The zero-order valence-electron chi connectivity index (χ0n) is 13.4. The number of nitrogens with zero attached hydrogens (tertiary/aromatic N) is 2. The minimum Gasteiger partial charge on any atom is -0.233 e. The Morgan fingerprint density at radius 1 is 0.864 bits per heavy atom. The van der Waals surface area contributed by atoms with Crippen molar-refractivity contribution in [3.05, 3.63) is 83.2 Å². The Morgan fingerprint density at radius 2 is 1.55 bits per heavy atom. The first-order valence-electron chi connectivity index (χ1n) is 7.61. The molecule has 3 aromatic rings. The van der Waals surface area contributed by atoms with Crippen LogP contribution in [0.4, 0.5) is 0 Å². The Kier molecular flexibility index (Phi) is 4.01. The van der Waals surface area contributed by atoms with Crippen LogP contribution in [0.1, 0.15) is 22.4 Å². The minimum atomic E-state index is 0.867. The number of hydrogen-bond donors (Lipinski definition) is 0. The standard InChI is InChI=1S/C20H21N2/c1-15-9-7-8-12-18(15)20-21-19(16(2)14-22(20)3)13-17-10-5-4-6-11-17/h4-12,14H,13H2,1-3H3/q+1. The molecule has 22 heavy (non-hydrogen) atoms. The summed E-state index contributed by atoms with van der Waals surface area (Å²) < 4.78 is 2.12. The van der Waals surface area contributed by atoms with E-state index in [1.54, 1.807) is 0 Å². The predicted octanol–water partition coefficient (Wildman–Crippen LogP) is 3.78. The van der Waals surface area contributed by atoms with Gasteiger partial charge in [-0.2, -0.15) is 0 Å². The summed E-state index contributed by atoms with van der Waals surface area (Å²) in [5.41, 5.74) is 6.10. The third kappa shape index (κ3) is 2.91. The molecule has 0 spiro atoms. The molecule has 2 aromatic carbocycles. The molecule has 0 aliphatic heterocycles. The van der Waals surface area contributed by atoms with E-state index in [0.29, 0.717) is 0 Å². The summed E-state index contributed by atoms with van der Waals surface area (Å²) in [4.78, 5) is 4.96. The van der Waals surface area contributed by atoms with Crippen molar-refractivity contribution in [2.24, 2.45) is 7.05 Å². The molecule has 1 heterocycles. The van der Waals surface area contributed by atoms with Crippen LogP contribution >= 0.6 is 0 Å². The zero-order chi connectivity index (χ0) is 15.5. The van der Waals surface area contributed by atoms with Gasteiger partial charge in [-0.1, -0.05) is 48.5 Å². The summed E-state index contributed by atoms with van der Waals surface area (Å²) in [6.45, 7) is 4.26. The Hall–Kier alpha value is -2.48. The summed E-state index contributed by atoms with van der Waals surface area (Å²) in [6, 6.07) is 18.9. The maximum atomic E-state index is 4.96. The molecule has 2 heteroatoms. The largest absolute Gasteiger partial charge is 0.330 e. The normalized spacial score (nSPS) is 10.7. The van der Waals surface area contributed by atoms with E-state index in [4.69, 9.17) is 4.98 Å². The van der Waals surface area contributed by atoms with Crippen LogP contribution in [0, 0.1) is 13.8 Å². The molecule has 0 saturated carbocycles. The molecule has 2 nitrogen and oxygen atoms in total. The lowest BCUT2D eigenvalue weighted by molar-refractivity contribution is -0.663. The van der Waals surface area contributed by atoms with Gasteiger partial charge < -0.3 is 0 Å². The number of rotatable bonds is 3. The number of aryl methyl sites for hydroxylation is 3. The van der Waals surface area contributed by atoms with E-state index < -0.39 is 0 Å². The Balaban J connectivity index is 2.06. The lowest BCUT2D eigenvalue weighted by Gasteiger charge is -2.06. The van der Waals surface area contributed by atoms with Crippen molar-refractivity contribution in [1.29, 1.82) is 0 Å². The third-order valence-corrected chi connectivity index (χ3v) is 4.02. The Morgan fingerprint density at radius 3 is 2.27 bits per heavy atom. The molecular weight excluding hydrogens is 268 g/mol. The highest BCUT2D eigenvalue weighted by Gasteiger charge is 2.19. The molecule has 0 bridgehead atoms. The maximum absolute atomic E-state index is 4.96. The molecule has 0 aliphatic carbocycles. The fourth-order valence-corrected chi connectivity index (χ4v) is 2.76. The smallest absolute Gasteiger partial charge is 0.233 e. The molecule has 0 unspecified atom stereocenters. The molecule has 0 fully saturated rings. The molecule has 0 saturated heterocycles. The van der Waals surface area contributed by atoms with Crippen molar-refractivity contribution in [3.63, 3.8) is 0 Å². The quantitative estimate of drug-likeness (QED) is 0.671. The van der Waals surface area contributed by atoms with Crippen molar-refractivity contribution in [2.75, 3.05) is 0 Å². The van der Waals surface area contributed by atoms with E-state index in [0.717, 1.165) is 17.9 Å². The van der Waals surface area contributed by atoms with Crippen LogP contribution in [-0.2, 0) is 13.5 Å². The third-order valence-electron chi connectivity index (χ3n) is 4.02. The monoisotopic (exact) mass is 289 g/mol. The van der Waals surface area contributed by atoms with Crippen LogP contribution in [0.25, 0.3) is 11.4 Å². The van der Waals surface area contributed by atoms with Gasteiger partial charge in [0.15, 0.2) is 5.69 Å². The van der Waals surface area contributed by atoms with Gasteiger partial charge in [0.1, 0.15) is 0 Å². The molecule has 110 valence electrons. The van der Waals surface area contributed by atoms with Gasteiger partial charge in [-0.05, 0) is 36.0 Å². The van der Waals surface area contributed by atoms with Gasteiger partial charge in [0, 0.05) is 12.0 Å². The van der Waals surface area contributed by atoms with E-state index >= 15 is 0 Å². The second-order valence-corrected chi connectivity index (χ2v) is 5.78. The Bertz CT molecular complexity index is 792. The number of hydrogen-bond acceptors (Lipinski definition) is 1. The summed E-state index contributed by atoms with van der Waals surface area (Å²) in [5.74, 6) is 1.02. The van der Waals surface area contributed by atoms with Gasteiger partial charge in [-0.15, -0.1) is 0 Å². The van der Waals surface area contributed by atoms with Crippen LogP contribution in [0.5, 0.6) is 0 Å². The summed E-state index contributed by atoms with van der Waals surface area (Å²) in [7, 11) is 2.06. The summed E-state index contributed by atoms with van der Waals surface area (Å²) in [6.07, 6.45) is 3.04. The molecule has 0 aliphatic rings. The molecule has 3 rings (SSSR count). The number of aromatic nitrogens is 2. The molecule has 0 radical (unpaired) electrons. The predicted molar refractivity (Wildman–Crippen MR) is 89.6 cm³/mol. The zero-order valence-corrected chi connectivity index (χ0v) is 13.4. The van der Waals surface area contributed by atoms with E-state index in [2.05, 4.69) is 80.2 Å². The second kappa shape index (κ2) is 6.10. The first-order chi connectivity index (χ1) is 10.6. The van der Waals surface area contributed by atoms with Gasteiger partial charge >= 0.3 is 5.82 Å². The van der Waals surface area contributed by atoms with E-state index in [9.17, 15) is 0 Å². The van der Waals surface area contributed by atoms with E-state index in [1.807, 2.05) is 6.07 Å². The minimum absolute atomic E-state index is 0.867. The molecule has 0 N–H and O–H groups in total. The van der Waals surface area contributed by atoms with Crippen LogP contribution in [-0.4, -0.2) is 4.98 Å². The van der Waals surface area contributed by atoms with Gasteiger partial charge in [-0.25, -0.2) is 4.57 Å². The summed E-state index contributed by atoms with van der Waals surface area (Å²) in [5, 5.41) is 0. The average molecular weight is 289 g/mol. The van der Waals surface area contributed by atoms with Crippen molar-refractivity contribution in [2.45, 2.75) is 20.3 Å². The molecular formula is C20H21N2+. The molecule has 0 atom stereocenters. The lowest BCUT2D eigenvalue weighted by Crippen LogP contribution is -2.33. The van der Waals surface area contributed by atoms with Crippen molar-refractivity contribution in [1.82, 2.24) is 4.98 Å². The van der Waals surface area contributed by atoms with Gasteiger partial charge in [0.2, 0.25) is 0 Å². The lowest BCUT2D eigenvalue weighted by atomic mass is 10.0. The van der Waals surface area contributed by atoms with Crippen molar-refractivity contribution >= 4 is 0 Å². The fourth-order valence-electron chi connectivity index (χ4n) is 2.76. The van der Waals surface area contributed by atoms with Crippen LogP contribution < -0.4 is 4.57 Å². The van der Waals surface area contributed by atoms with Crippen molar-refractivity contribution < 1.29 is 4.57 Å². The van der Waals surface area contributed by atoms with Gasteiger partial charge in [0.05, 0.1) is 18.8 Å². The molecule has 1 aromatic heterocycles. The first-order valence-corrected chi connectivity index (χ1v) is 7.61. The highest BCUT2D eigenvalue weighted by Crippen LogP contribution is 2.20. The van der Waals surface area contributed by atoms with Gasteiger partial charge in [0.25, 0.3) is 0 Å². The van der Waals surface area contributed by atoms with Crippen LogP contribution in [0.15, 0.2) is 60.8 Å². The second-order valence-electron chi connectivity index (χ2n) is 5.78. The van der Waals surface area contributed by atoms with Crippen molar-refractivity contribution in [3.8, 4) is 11.4 Å². The average Bonchev–Trinajstić information content (AvgIpc) is 2.52. The first kappa shape index (κ1) is 14.5. The highest BCUT2D eigenvalue weighted by atomic mass is 15.0. The molecule has 0 amide bonds. The van der Waals surface area contributed by atoms with E-state index in [-0.39, 0.29) is 0 Å². The SMILES string of the molecule is Cc1ccccc1-c1nc(Cc2ccccc2)c(C)c[n+]1C. The van der Waals surface area contributed by atoms with Crippen LogP contribution in [0.2, 0.25) is 0 Å². The Labute approximate surface area is 132 Å². The number of benzene rings is 2. The van der Waals surface area contributed by atoms with Gasteiger partial charge in [-0.3, -0.25) is 0 Å². The fraction of sp³-hybridized carbons (Fsp3) is 0.200. The van der Waals surface area contributed by atoms with E-state index in [1.165, 1.54) is 22.3 Å². The van der Waals surface area contributed by atoms with Crippen LogP contribution in [0.3, 0.4) is 0 Å². The maximum Gasteiger partial charge on any atom is 0.330 e. The highest BCUT2D eigenvalue weighted by molar-refractivity contribution is 5.57. The topological polar surface area (TPSA) is 16.8 Å².